The Morgan fingerprint density at radius 3 is 2.06 bits per heavy atom. The van der Waals surface area contributed by atoms with Gasteiger partial charge in [0, 0.05) is 12.3 Å². The number of hydrogen-bond acceptors (Lipinski definition) is 2. The second kappa shape index (κ2) is 5.62. The first-order valence-corrected chi connectivity index (χ1v) is 7.72. The number of hydrogen-bond donors (Lipinski definition) is 2. The van der Waals surface area contributed by atoms with Gasteiger partial charge in [0.25, 0.3) is 0 Å². The maximum absolute atomic E-state index is 5.72. The number of thiol groups is 1. The molecule has 0 atom stereocenters. The molecule has 0 unspecified atom stereocenters. The van der Waals surface area contributed by atoms with Crippen LogP contribution in [0.3, 0.4) is 0 Å². The smallest absolute Gasteiger partial charge is 0.103 e. The van der Waals surface area contributed by atoms with Crippen LogP contribution in [0.4, 0.5) is 0 Å². The molecule has 0 radical (unpaired) electrons. The van der Waals surface area contributed by atoms with Crippen LogP contribution in [-0.4, -0.2) is 18.1 Å². The third-order valence-corrected chi connectivity index (χ3v) is 5.61. The van der Waals surface area contributed by atoms with Crippen LogP contribution in [0, 0.1) is 23.2 Å². The zero-order valence-electron chi connectivity index (χ0n) is 11.0. The fraction of sp³-hybridized carbons (Fsp3) is 0.929. The molecule has 18 heavy (non-hydrogen) atoms. The maximum atomic E-state index is 5.72. The summed E-state index contributed by atoms with van der Waals surface area (Å²) in [5.74, 6) is 4.45. The highest BCUT2D eigenvalue weighted by Crippen LogP contribution is 2.61. The maximum Gasteiger partial charge on any atom is 0.103 e. The molecule has 4 bridgehead atoms. The molecule has 0 aromatic heterocycles. The highest BCUT2D eigenvalue weighted by Gasteiger charge is 2.50. The monoisotopic (exact) mass is 288 g/mol. The van der Waals surface area contributed by atoms with E-state index in [1.807, 2.05) is 0 Å². The summed E-state index contributed by atoms with van der Waals surface area (Å²) in [6, 6.07) is 0. The van der Waals surface area contributed by atoms with Gasteiger partial charge in [-0.05, 0) is 68.1 Å². The average molecular weight is 289 g/mol. The molecule has 4 heteroatoms. The second-order valence-corrected chi connectivity index (χ2v) is 7.01. The van der Waals surface area contributed by atoms with Crippen molar-refractivity contribution in [3.05, 3.63) is 0 Å². The van der Waals surface area contributed by atoms with Gasteiger partial charge in [0.2, 0.25) is 0 Å². The standard InChI is InChI=1S/C14H24N2S.ClH/c15-13(9-17)16-2-1-14-6-10-3-11(7-14)5-12(4-10)8-14;/h10-12,17H,1-9H2,(H2,15,16);1H. The predicted molar refractivity (Wildman–Crippen MR) is 82.8 cm³/mol. The van der Waals surface area contributed by atoms with E-state index in [4.69, 9.17) is 5.73 Å². The normalized spacial score (nSPS) is 41.8. The van der Waals surface area contributed by atoms with Crippen LogP contribution >= 0.6 is 25.0 Å². The van der Waals surface area contributed by atoms with Crippen molar-refractivity contribution < 1.29 is 0 Å². The van der Waals surface area contributed by atoms with E-state index >= 15 is 0 Å². The van der Waals surface area contributed by atoms with E-state index in [2.05, 4.69) is 17.6 Å². The summed E-state index contributed by atoms with van der Waals surface area (Å²) < 4.78 is 0. The molecule has 0 spiro atoms. The fourth-order valence-electron chi connectivity index (χ4n) is 5.08. The molecular weight excluding hydrogens is 264 g/mol. The van der Waals surface area contributed by atoms with E-state index in [0.717, 1.165) is 24.3 Å². The van der Waals surface area contributed by atoms with Crippen molar-refractivity contribution in [3.63, 3.8) is 0 Å². The molecule has 0 saturated heterocycles. The Morgan fingerprint density at radius 1 is 1.11 bits per heavy atom. The van der Waals surface area contributed by atoms with Gasteiger partial charge in [0.15, 0.2) is 0 Å². The van der Waals surface area contributed by atoms with Gasteiger partial charge in [-0.15, -0.1) is 12.4 Å². The van der Waals surface area contributed by atoms with E-state index in [-0.39, 0.29) is 12.4 Å². The molecule has 0 amide bonds. The Bertz CT molecular complexity index is 294. The zero-order chi connectivity index (χ0) is 11.9. The summed E-state index contributed by atoms with van der Waals surface area (Å²) in [5.41, 5.74) is 6.37. The minimum absolute atomic E-state index is 0. The van der Waals surface area contributed by atoms with Gasteiger partial charge in [0.05, 0.1) is 0 Å². The van der Waals surface area contributed by atoms with Crippen LogP contribution in [0.5, 0.6) is 0 Å². The van der Waals surface area contributed by atoms with Crippen molar-refractivity contribution in [2.45, 2.75) is 44.9 Å². The molecule has 4 rings (SSSR count). The van der Waals surface area contributed by atoms with Gasteiger partial charge >= 0.3 is 0 Å². The van der Waals surface area contributed by atoms with Crippen molar-refractivity contribution >= 4 is 30.9 Å². The van der Waals surface area contributed by atoms with Gasteiger partial charge in [-0.3, -0.25) is 4.99 Å². The zero-order valence-corrected chi connectivity index (χ0v) is 12.7. The minimum atomic E-state index is 0. The van der Waals surface area contributed by atoms with E-state index < -0.39 is 0 Å². The number of aliphatic imine (C=N–C) groups is 1. The summed E-state index contributed by atoms with van der Waals surface area (Å²) in [4.78, 5) is 4.44. The molecule has 0 heterocycles. The van der Waals surface area contributed by atoms with Gasteiger partial charge in [-0.1, -0.05) is 0 Å². The quantitative estimate of drug-likeness (QED) is 0.465. The highest BCUT2D eigenvalue weighted by molar-refractivity contribution is 7.81. The summed E-state index contributed by atoms with van der Waals surface area (Å²) >= 11 is 4.15. The van der Waals surface area contributed by atoms with Crippen molar-refractivity contribution in [2.24, 2.45) is 33.9 Å². The van der Waals surface area contributed by atoms with Crippen molar-refractivity contribution in [3.8, 4) is 0 Å². The Hall–Kier alpha value is 0.110. The number of nitrogens with zero attached hydrogens (tertiary/aromatic N) is 1. The van der Waals surface area contributed by atoms with E-state index in [0.29, 0.717) is 17.0 Å². The fourth-order valence-corrected chi connectivity index (χ4v) is 5.18. The molecule has 2 N–H and O–H groups in total. The topological polar surface area (TPSA) is 38.4 Å². The van der Waals surface area contributed by atoms with Crippen LogP contribution < -0.4 is 5.73 Å². The molecule has 4 aliphatic rings. The molecular formula is C14H25ClN2S. The summed E-state index contributed by atoms with van der Waals surface area (Å²) in [6.45, 7) is 0.929. The Morgan fingerprint density at radius 2 is 1.61 bits per heavy atom. The summed E-state index contributed by atoms with van der Waals surface area (Å²) in [5, 5.41) is 0. The first kappa shape index (κ1) is 14.5. The molecule has 0 aromatic rings. The van der Waals surface area contributed by atoms with Gasteiger partial charge in [0.1, 0.15) is 5.84 Å². The molecule has 0 aliphatic heterocycles. The Balaban J connectivity index is 0.00000120. The first-order chi connectivity index (χ1) is 8.19. The SMILES string of the molecule is Cl.NC(CS)=NCCC12CC3CC(CC(C3)C1)C2. The molecule has 4 saturated carbocycles. The highest BCUT2D eigenvalue weighted by atomic mass is 35.5. The minimum Gasteiger partial charge on any atom is -0.387 e. The lowest BCUT2D eigenvalue weighted by atomic mass is 9.49. The van der Waals surface area contributed by atoms with Crippen molar-refractivity contribution in [1.82, 2.24) is 0 Å². The van der Waals surface area contributed by atoms with Crippen molar-refractivity contribution in [2.75, 3.05) is 12.3 Å². The van der Waals surface area contributed by atoms with Crippen molar-refractivity contribution in [1.29, 1.82) is 0 Å². The Kier molecular flexibility index (Phi) is 4.53. The Labute approximate surface area is 122 Å². The van der Waals surface area contributed by atoms with Gasteiger partial charge in [-0.25, -0.2) is 0 Å². The summed E-state index contributed by atoms with van der Waals surface area (Å²) in [6.07, 6.45) is 10.3. The number of halogens is 1. The lowest BCUT2D eigenvalue weighted by molar-refractivity contribution is -0.0556. The number of amidine groups is 1. The van der Waals surface area contributed by atoms with Crippen LogP contribution in [0.25, 0.3) is 0 Å². The lowest BCUT2D eigenvalue weighted by Gasteiger charge is -2.57. The van der Waals surface area contributed by atoms with Gasteiger partial charge in [-0.2, -0.15) is 12.6 Å². The van der Waals surface area contributed by atoms with Crippen LogP contribution in [-0.2, 0) is 0 Å². The van der Waals surface area contributed by atoms with Gasteiger partial charge < -0.3 is 5.73 Å². The van der Waals surface area contributed by atoms with E-state index in [1.165, 1.54) is 44.9 Å². The third-order valence-electron chi connectivity index (χ3n) is 5.28. The second-order valence-electron chi connectivity index (χ2n) is 6.70. The molecule has 104 valence electrons. The lowest BCUT2D eigenvalue weighted by Crippen LogP contribution is -2.46. The van der Waals surface area contributed by atoms with Crippen LogP contribution in [0.1, 0.15) is 44.9 Å². The summed E-state index contributed by atoms with van der Waals surface area (Å²) in [7, 11) is 0. The molecule has 2 nitrogen and oxygen atoms in total. The van der Waals surface area contributed by atoms with E-state index in [1.54, 1.807) is 0 Å². The number of rotatable bonds is 4. The molecule has 0 aromatic carbocycles. The molecule has 4 aliphatic carbocycles. The number of nitrogens with two attached hydrogens (primary N) is 1. The predicted octanol–water partition coefficient (Wildman–Crippen LogP) is 3.30. The van der Waals surface area contributed by atoms with Crippen LogP contribution in [0.2, 0.25) is 0 Å². The third kappa shape index (κ3) is 2.82. The average Bonchev–Trinajstić information content (AvgIpc) is 2.26. The molecule has 4 fully saturated rings. The van der Waals surface area contributed by atoms with E-state index in [9.17, 15) is 0 Å². The first-order valence-electron chi connectivity index (χ1n) is 7.09. The largest absolute Gasteiger partial charge is 0.387 e. The van der Waals surface area contributed by atoms with Crippen LogP contribution in [0.15, 0.2) is 4.99 Å².